The summed E-state index contributed by atoms with van der Waals surface area (Å²) in [5.74, 6) is 1.89. The lowest BCUT2D eigenvalue weighted by atomic mass is 9.78. The van der Waals surface area contributed by atoms with Crippen LogP contribution in [-0.2, 0) is 4.79 Å². The Bertz CT molecular complexity index is 553. The third-order valence-corrected chi connectivity index (χ3v) is 5.12. The van der Waals surface area contributed by atoms with Gasteiger partial charge >= 0.3 is 0 Å². The van der Waals surface area contributed by atoms with E-state index in [9.17, 15) is 9.59 Å². The van der Waals surface area contributed by atoms with Gasteiger partial charge in [0, 0.05) is 24.4 Å². The van der Waals surface area contributed by atoms with Crippen LogP contribution in [0.2, 0.25) is 0 Å². The van der Waals surface area contributed by atoms with Gasteiger partial charge in [-0.25, -0.2) is 0 Å². The van der Waals surface area contributed by atoms with Crippen molar-refractivity contribution in [3.63, 3.8) is 0 Å². The summed E-state index contributed by atoms with van der Waals surface area (Å²) in [5, 5.41) is 3.12. The van der Waals surface area contributed by atoms with Gasteiger partial charge in [-0.2, -0.15) is 0 Å². The highest BCUT2D eigenvalue weighted by molar-refractivity contribution is 5.98. The summed E-state index contributed by atoms with van der Waals surface area (Å²) in [6.07, 6.45) is 3.95. The van der Waals surface area contributed by atoms with Crippen LogP contribution in [0, 0.1) is 11.8 Å². The number of hydrogen-bond donors (Lipinski definition) is 1. The van der Waals surface area contributed by atoms with Gasteiger partial charge in [0.05, 0.1) is 6.61 Å². The number of carbonyl (C=O) groups excluding carboxylic acids is 2. The average molecular weight is 331 g/mol. The quantitative estimate of drug-likeness (QED) is 0.769. The maximum atomic E-state index is 12.2. The van der Waals surface area contributed by atoms with Gasteiger partial charge in [-0.05, 0) is 49.4 Å². The Balaban J connectivity index is 1.79. The fourth-order valence-corrected chi connectivity index (χ4v) is 3.34. The minimum absolute atomic E-state index is 0.00161. The molecule has 1 aromatic carbocycles. The van der Waals surface area contributed by atoms with Crippen LogP contribution in [0.5, 0.6) is 5.75 Å². The summed E-state index contributed by atoms with van der Waals surface area (Å²) in [6, 6.07) is 7.36. The fourth-order valence-electron chi connectivity index (χ4n) is 3.34. The van der Waals surface area contributed by atoms with Crippen molar-refractivity contribution in [1.29, 1.82) is 0 Å². The third kappa shape index (κ3) is 5.08. The first kappa shape index (κ1) is 18.5. The molecule has 0 aliphatic heterocycles. The van der Waals surface area contributed by atoms with Crippen molar-refractivity contribution in [1.82, 2.24) is 5.32 Å². The Morgan fingerprint density at radius 1 is 1.12 bits per heavy atom. The van der Waals surface area contributed by atoms with E-state index in [1.165, 1.54) is 12.8 Å². The molecule has 4 nitrogen and oxygen atoms in total. The van der Waals surface area contributed by atoms with Crippen LogP contribution in [0.1, 0.15) is 63.2 Å². The van der Waals surface area contributed by atoms with E-state index < -0.39 is 0 Å². The maximum absolute atomic E-state index is 12.2. The number of ketones is 1. The van der Waals surface area contributed by atoms with Gasteiger partial charge in [-0.1, -0.05) is 26.7 Å². The van der Waals surface area contributed by atoms with Crippen molar-refractivity contribution in [2.24, 2.45) is 11.8 Å². The second-order valence-electron chi connectivity index (χ2n) is 6.82. The van der Waals surface area contributed by atoms with Crippen LogP contribution in [0.15, 0.2) is 24.3 Å². The van der Waals surface area contributed by atoms with Crippen LogP contribution in [-0.4, -0.2) is 24.3 Å². The molecule has 0 heterocycles. The molecule has 3 atom stereocenters. The lowest BCUT2D eigenvalue weighted by molar-refractivity contribution is -0.122. The number of Topliss-reactive ketones (excluding diaryl/α,β-unsaturated/α-hetero) is 1. The van der Waals surface area contributed by atoms with Crippen molar-refractivity contribution in [3.05, 3.63) is 29.8 Å². The Morgan fingerprint density at radius 2 is 1.83 bits per heavy atom. The maximum Gasteiger partial charge on any atom is 0.220 e. The zero-order chi connectivity index (χ0) is 17.5. The van der Waals surface area contributed by atoms with E-state index in [4.69, 9.17) is 4.74 Å². The van der Waals surface area contributed by atoms with E-state index in [0.717, 1.165) is 12.2 Å². The number of rotatable bonds is 7. The molecule has 24 heavy (non-hydrogen) atoms. The smallest absolute Gasteiger partial charge is 0.220 e. The summed E-state index contributed by atoms with van der Waals surface area (Å²) in [5.41, 5.74) is 0.630. The predicted molar refractivity (Wildman–Crippen MR) is 95.3 cm³/mol. The molecule has 1 aromatic rings. The number of nitrogens with one attached hydrogen (secondary N) is 1. The van der Waals surface area contributed by atoms with Gasteiger partial charge in [-0.3, -0.25) is 9.59 Å². The number of carbonyl (C=O) groups is 2. The number of ether oxygens (including phenoxy) is 1. The number of amides is 1. The highest BCUT2D eigenvalue weighted by atomic mass is 16.5. The molecule has 0 unspecified atom stereocenters. The van der Waals surface area contributed by atoms with E-state index in [-0.39, 0.29) is 30.6 Å². The molecule has 0 radical (unpaired) electrons. The number of benzene rings is 1. The molecule has 1 aliphatic rings. The first-order valence-electron chi connectivity index (χ1n) is 9.06. The number of hydrogen-bond acceptors (Lipinski definition) is 3. The van der Waals surface area contributed by atoms with E-state index in [1.807, 2.05) is 6.92 Å². The fraction of sp³-hybridized carbons (Fsp3) is 0.600. The molecule has 4 heteroatoms. The molecule has 1 aliphatic carbocycles. The monoisotopic (exact) mass is 331 g/mol. The topological polar surface area (TPSA) is 55.4 Å². The van der Waals surface area contributed by atoms with Gasteiger partial charge < -0.3 is 10.1 Å². The van der Waals surface area contributed by atoms with Gasteiger partial charge in [0.15, 0.2) is 5.78 Å². The Kier molecular flexibility index (Phi) is 6.83. The van der Waals surface area contributed by atoms with Crippen molar-refractivity contribution in [3.8, 4) is 5.75 Å². The molecule has 0 bridgehead atoms. The van der Waals surface area contributed by atoms with Crippen LogP contribution < -0.4 is 10.1 Å². The summed E-state index contributed by atoms with van der Waals surface area (Å²) >= 11 is 0. The second-order valence-corrected chi connectivity index (χ2v) is 6.82. The molecular weight excluding hydrogens is 302 g/mol. The van der Waals surface area contributed by atoms with Crippen molar-refractivity contribution < 1.29 is 14.3 Å². The Morgan fingerprint density at radius 3 is 2.50 bits per heavy atom. The van der Waals surface area contributed by atoms with Crippen molar-refractivity contribution in [2.75, 3.05) is 6.61 Å². The van der Waals surface area contributed by atoms with Crippen LogP contribution in [0.4, 0.5) is 0 Å². The van der Waals surface area contributed by atoms with Gasteiger partial charge in [0.25, 0.3) is 0 Å². The molecule has 2 rings (SSSR count). The van der Waals surface area contributed by atoms with E-state index in [0.29, 0.717) is 24.0 Å². The lowest BCUT2D eigenvalue weighted by Crippen LogP contribution is -2.43. The highest BCUT2D eigenvalue weighted by Crippen LogP contribution is 2.29. The standard InChI is InChI=1S/C20H29NO3/c1-4-24-17-10-8-16(9-11-17)19(22)12-13-20(23)21-18-7-5-6-14(2)15(18)3/h8-11,14-15,18H,4-7,12-13H2,1-3H3,(H,21,23)/t14-,15+,18+/m1/s1. The van der Waals surface area contributed by atoms with E-state index in [2.05, 4.69) is 19.2 Å². The summed E-state index contributed by atoms with van der Waals surface area (Å²) < 4.78 is 5.37. The third-order valence-electron chi connectivity index (χ3n) is 5.12. The minimum atomic E-state index is -0.0137. The highest BCUT2D eigenvalue weighted by Gasteiger charge is 2.28. The first-order valence-corrected chi connectivity index (χ1v) is 9.06. The van der Waals surface area contributed by atoms with E-state index >= 15 is 0 Å². The minimum Gasteiger partial charge on any atom is -0.494 e. The largest absolute Gasteiger partial charge is 0.494 e. The summed E-state index contributed by atoms with van der Waals surface area (Å²) in [7, 11) is 0. The summed E-state index contributed by atoms with van der Waals surface area (Å²) in [4.78, 5) is 24.4. The second kappa shape index (κ2) is 8.86. The molecule has 0 saturated heterocycles. The molecule has 0 aromatic heterocycles. The zero-order valence-electron chi connectivity index (χ0n) is 15.0. The summed E-state index contributed by atoms with van der Waals surface area (Å²) in [6.45, 7) is 6.98. The van der Waals surface area contributed by atoms with Crippen molar-refractivity contribution in [2.45, 2.75) is 58.9 Å². The first-order chi connectivity index (χ1) is 11.5. The van der Waals surface area contributed by atoms with Crippen LogP contribution in [0.3, 0.4) is 0 Å². The molecule has 1 fully saturated rings. The van der Waals surface area contributed by atoms with Crippen molar-refractivity contribution >= 4 is 11.7 Å². The van der Waals surface area contributed by atoms with Gasteiger partial charge in [0.1, 0.15) is 5.75 Å². The average Bonchev–Trinajstić information content (AvgIpc) is 2.58. The predicted octanol–water partition coefficient (Wildman–Crippen LogP) is 3.99. The molecule has 0 spiro atoms. The molecule has 132 valence electrons. The van der Waals surface area contributed by atoms with Crippen LogP contribution >= 0.6 is 0 Å². The molecular formula is C20H29NO3. The molecule has 1 N–H and O–H groups in total. The Hall–Kier alpha value is -1.84. The SMILES string of the molecule is CCOc1ccc(C(=O)CCC(=O)N[C@H]2CCC[C@@H](C)[C@@H]2C)cc1. The van der Waals surface area contributed by atoms with Crippen LogP contribution in [0.25, 0.3) is 0 Å². The Labute approximate surface area is 145 Å². The van der Waals surface area contributed by atoms with E-state index in [1.54, 1.807) is 24.3 Å². The molecule has 1 amide bonds. The van der Waals surface area contributed by atoms with Gasteiger partial charge in [-0.15, -0.1) is 0 Å². The zero-order valence-corrected chi connectivity index (χ0v) is 15.0. The van der Waals surface area contributed by atoms with Gasteiger partial charge in [0.2, 0.25) is 5.91 Å². The molecule has 1 saturated carbocycles. The normalized spacial score (nSPS) is 23.5. The lowest BCUT2D eigenvalue weighted by Gasteiger charge is -2.34.